The summed E-state index contributed by atoms with van der Waals surface area (Å²) in [5.74, 6) is -0.0635. The molecular formula is C13H16O3. The first kappa shape index (κ1) is 11.0. The molecule has 16 heavy (non-hydrogen) atoms. The summed E-state index contributed by atoms with van der Waals surface area (Å²) in [4.78, 5) is 11.2. The highest BCUT2D eigenvalue weighted by Gasteiger charge is 2.35. The number of carbonyl (C=O) groups is 1. The molecule has 0 fully saturated rings. The van der Waals surface area contributed by atoms with E-state index in [0.29, 0.717) is 0 Å². The topological polar surface area (TPSA) is 46.5 Å². The molecular weight excluding hydrogens is 204 g/mol. The lowest BCUT2D eigenvalue weighted by Crippen LogP contribution is -2.29. The highest BCUT2D eigenvalue weighted by atomic mass is 16.5. The fraction of sp³-hybridized carbons (Fsp3) is 0.462. The number of hydrogen-bond donors (Lipinski definition) is 1. The lowest BCUT2D eigenvalue weighted by Gasteiger charge is -2.22. The first-order valence-electron chi connectivity index (χ1n) is 5.45. The molecule has 0 saturated heterocycles. The van der Waals surface area contributed by atoms with Crippen molar-refractivity contribution in [2.24, 2.45) is 0 Å². The van der Waals surface area contributed by atoms with Crippen molar-refractivity contribution in [2.45, 2.75) is 38.7 Å². The van der Waals surface area contributed by atoms with E-state index in [1.165, 1.54) is 0 Å². The second-order valence-electron chi connectivity index (χ2n) is 4.86. The van der Waals surface area contributed by atoms with Crippen molar-refractivity contribution in [3.05, 3.63) is 29.3 Å². The van der Waals surface area contributed by atoms with Crippen molar-refractivity contribution in [3.63, 3.8) is 0 Å². The summed E-state index contributed by atoms with van der Waals surface area (Å²) in [6, 6.07) is 5.74. The fourth-order valence-corrected chi connectivity index (χ4v) is 2.04. The van der Waals surface area contributed by atoms with Gasteiger partial charge in [0, 0.05) is 12.0 Å². The zero-order valence-corrected chi connectivity index (χ0v) is 9.78. The van der Waals surface area contributed by atoms with Crippen molar-refractivity contribution in [3.8, 4) is 5.75 Å². The highest BCUT2D eigenvalue weighted by Crippen LogP contribution is 2.39. The Labute approximate surface area is 95.0 Å². The zero-order valence-electron chi connectivity index (χ0n) is 9.78. The van der Waals surface area contributed by atoms with Crippen LogP contribution in [0, 0.1) is 0 Å². The smallest absolute Gasteiger partial charge is 0.313 e. The van der Waals surface area contributed by atoms with E-state index < -0.39 is 11.4 Å². The third-order valence-corrected chi connectivity index (χ3v) is 3.13. The fourth-order valence-electron chi connectivity index (χ4n) is 2.04. The first-order chi connectivity index (χ1) is 7.43. The summed E-state index contributed by atoms with van der Waals surface area (Å²) >= 11 is 0. The SMILES string of the molecule is CC1Cc2cccc(C(C)(C)C(=O)O)c2O1. The monoisotopic (exact) mass is 220 g/mol. The highest BCUT2D eigenvalue weighted by molar-refractivity contribution is 5.81. The molecule has 1 heterocycles. The predicted molar refractivity (Wildman–Crippen MR) is 60.9 cm³/mol. The van der Waals surface area contributed by atoms with Crippen molar-refractivity contribution in [1.29, 1.82) is 0 Å². The van der Waals surface area contributed by atoms with E-state index in [2.05, 4.69) is 0 Å². The molecule has 3 nitrogen and oxygen atoms in total. The molecule has 2 rings (SSSR count). The number of ether oxygens (including phenoxy) is 1. The Kier molecular flexibility index (Phi) is 2.41. The Morgan fingerprint density at radius 1 is 1.50 bits per heavy atom. The van der Waals surface area contributed by atoms with Gasteiger partial charge < -0.3 is 9.84 Å². The van der Waals surface area contributed by atoms with Crippen LogP contribution in [0.25, 0.3) is 0 Å². The van der Waals surface area contributed by atoms with Crippen LogP contribution in [0.2, 0.25) is 0 Å². The number of hydrogen-bond acceptors (Lipinski definition) is 2. The third-order valence-electron chi connectivity index (χ3n) is 3.13. The Bertz CT molecular complexity index is 435. The molecule has 1 N–H and O–H groups in total. The maximum atomic E-state index is 11.2. The maximum Gasteiger partial charge on any atom is 0.313 e. The number of para-hydroxylation sites is 1. The van der Waals surface area contributed by atoms with Crippen molar-refractivity contribution < 1.29 is 14.6 Å². The van der Waals surface area contributed by atoms with Crippen LogP contribution in [0.15, 0.2) is 18.2 Å². The molecule has 1 aliphatic heterocycles. The Balaban J connectivity index is 2.52. The van der Waals surface area contributed by atoms with E-state index in [1.54, 1.807) is 13.8 Å². The van der Waals surface area contributed by atoms with Gasteiger partial charge in [0.2, 0.25) is 0 Å². The molecule has 0 saturated carbocycles. The standard InChI is InChI=1S/C13H16O3/c1-8-7-9-5-4-6-10(11(9)16-8)13(2,3)12(14)15/h4-6,8H,7H2,1-3H3,(H,14,15). The summed E-state index contributed by atoms with van der Waals surface area (Å²) < 4.78 is 5.71. The predicted octanol–water partition coefficient (Wildman–Crippen LogP) is 2.37. The van der Waals surface area contributed by atoms with Gasteiger partial charge in [-0.3, -0.25) is 4.79 Å². The van der Waals surface area contributed by atoms with Gasteiger partial charge in [-0.25, -0.2) is 0 Å². The second-order valence-corrected chi connectivity index (χ2v) is 4.86. The second kappa shape index (κ2) is 3.51. The van der Waals surface area contributed by atoms with Crippen LogP contribution in [0.3, 0.4) is 0 Å². The molecule has 0 radical (unpaired) electrons. The molecule has 1 aromatic rings. The van der Waals surface area contributed by atoms with Gasteiger partial charge in [-0.1, -0.05) is 18.2 Å². The lowest BCUT2D eigenvalue weighted by atomic mass is 9.83. The van der Waals surface area contributed by atoms with Crippen molar-refractivity contribution >= 4 is 5.97 Å². The molecule has 0 bridgehead atoms. The molecule has 0 spiro atoms. The van der Waals surface area contributed by atoms with Crippen LogP contribution in [0.5, 0.6) is 5.75 Å². The Morgan fingerprint density at radius 3 is 2.81 bits per heavy atom. The van der Waals surface area contributed by atoms with Gasteiger partial charge in [0.25, 0.3) is 0 Å². The van der Waals surface area contributed by atoms with Gasteiger partial charge in [0.05, 0.1) is 5.41 Å². The normalized spacial score (nSPS) is 19.1. The van der Waals surface area contributed by atoms with E-state index in [1.807, 2.05) is 25.1 Å². The van der Waals surface area contributed by atoms with E-state index in [0.717, 1.165) is 23.3 Å². The number of aliphatic carboxylic acids is 1. The van der Waals surface area contributed by atoms with Crippen LogP contribution in [-0.2, 0) is 16.6 Å². The summed E-state index contributed by atoms with van der Waals surface area (Å²) in [5.41, 5.74) is 0.969. The van der Waals surface area contributed by atoms with Gasteiger partial charge in [0.15, 0.2) is 0 Å². The summed E-state index contributed by atoms with van der Waals surface area (Å²) in [5, 5.41) is 9.24. The van der Waals surface area contributed by atoms with Crippen molar-refractivity contribution in [2.75, 3.05) is 0 Å². The largest absolute Gasteiger partial charge is 0.490 e. The average molecular weight is 220 g/mol. The van der Waals surface area contributed by atoms with Gasteiger partial charge in [-0.2, -0.15) is 0 Å². The Hall–Kier alpha value is -1.51. The van der Waals surface area contributed by atoms with Gasteiger partial charge in [-0.15, -0.1) is 0 Å². The number of rotatable bonds is 2. The Morgan fingerprint density at radius 2 is 2.19 bits per heavy atom. The minimum Gasteiger partial charge on any atom is -0.490 e. The van der Waals surface area contributed by atoms with E-state index >= 15 is 0 Å². The molecule has 1 atom stereocenters. The molecule has 0 aromatic heterocycles. The van der Waals surface area contributed by atoms with Gasteiger partial charge >= 0.3 is 5.97 Å². The van der Waals surface area contributed by atoms with Gasteiger partial charge in [-0.05, 0) is 26.3 Å². The number of carboxylic acid groups (broad SMARTS) is 1. The molecule has 0 aliphatic carbocycles. The molecule has 3 heteroatoms. The van der Waals surface area contributed by atoms with E-state index in [4.69, 9.17) is 4.74 Å². The van der Waals surface area contributed by atoms with Crippen LogP contribution >= 0.6 is 0 Å². The van der Waals surface area contributed by atoms with E-state index in [-0.39, 0.29) is 6.10 Å². The minimum atomic E-state index is -0.907. The van der Waals surface area contributed by atoms with Crippen LogP contribution in [-0.4, -0.2) is 17.2 Å². The third kappa shape index (κ3) is 1.56. The molecule has 1 aliphatic rings. The number of carboxylic acids is 1. The maximum absolute atomic E-state index is 11.2. The van der Waals surface area contributed by atoms with Gasteiger partial charge in [0.1, 0.15) is 11.9 Å². The van der Waals surface area contributed by atoms with Crippen LogP contribution in [0.1, 0.15) is 31.9 Å². The summed E-state index contributed by atoms with van der Waals surface area (Å²) in [6.45, 7) is 5.41. The molecule has 86 valence electrons. The van der Waals surface area contributed by atoms with E-state index in [9.17, 15) is 9.90 Å². The summed E-state index contributed by atoms with van der Waals surface area (Å²) in [6.07, 6.45) is 1.000. The summed E-state index contributed by atoms with van der Waals surface area (Å²) in [7, 11) is 0. The molecule has 1 aromatic carbocycles. The van der Waals surface area contributed by atoms with Crippen LogP contribution in [0.4, 0.5) is 0 Å². The minimum absolute atomic E-state index is 0.140. The molecule has 1 unspecified atom stereocenters. The van der Waals surface area contributed by atoms with Crippen molar-refractivity contribution in [1.82, 2.24) is 0 Å². The quantitative estimate of drug-likeness (QED) is 0.832. The zero-order chi connectivity index (χ0) is 11.9. The van der Waals surface area contributed by atoms with Crippen LogP contribution < -0.4 is 4.74 Å². The average Bonchev–Trinajstić information content (AvgIpc) is 2.56. The first-order valence-corrected chi connectivity index (χ1v) is 5.45. The molecule has 0 amide bonds. The number of fused-ring (bicyclic) bond motifs is 1. The lowest BCUT2D eigenvalue weighted by molar-refractivity contribution is -0.142. The number of benzene rings is 1.